The molecule has 0 unspecified atom stereocenters. The number of aryl methyl sites for hydroxylation is 1. The molecule has 0 bridgehead atoms. The molecule has 0 saturated carbocycles. The van der Waals surface area contributed by atoms with Crippen molar-refractivity contribution in [3.05, 3.63) is 64.4 Å². The predicted octanol–water partition coefficient (Wildman–Crippen LogP) is 3.35. The van der Waals surface area contributed by atoms with Crippen LogP contribution in [0.15, 0.2) is 42.5 Å². The number of hydrogen-bond acceptors (Lipinski definition) is 6. The molecule has 0 radical (unpaired) electrons. The number of nitrogens with zero attached hydrogens (tertiary/aromatic N) is 1. The van der Waals surface area contributed by atoms with Crippen LogP contribution in [0.2, 0.25) is 0 Å². The molecule has 2 amide bonds. The average molecular weight is 415 g/mol. The fraction of sp³-hybridized carbons (Fsp3) is 0.150. The molecule has 0 aliphatic carbocycles. The van der Waals surface area contributed by atoms with Crippen molar-refractivity contribution in [1.29, 1.82) is 0 Å². The summed E-state index contributed by atoms with van der Waals surface area (Å²) in [5.41, 5.74) is 6.17. The van der Waals surface area contributed by atoms with E-state index in [0.29, 0.717) is 27.1 Å². The zero-order valence-electron chi connectivity index (χ0n) is 15.9. The number of amides is 2. The summed E-state index contributed by atoms with van der Waals surface area (Å²) in [6, 6.07) is 10.3. The Labute approximate surface area is 170 Å². The van der Waals surface area contributed by atoms with E-state index < -0.39 is 17.6 Å². The molecule has 0 atom stereocenters. The standard InChI is InChI=1S/C20H18FN3O4S/c1-11-17(19(26)24-23-18(25)12-4-7-14(21)8-5-12)29-20(22-11)13-6-9-15(27-2)16(10-13)28-3/h4-10H,1-3H3,(H,23,25)(H,24,26). The molecule has 9 heteroatoms. The summed E-state index contributed by atoms with van der Waals surface area (Å²) in [4.78, 5) is 29.3. The minimum Gasteiger partial charge on any atom is -0.493 e. The molecule has 3 aromatic rings. The Bertz CT molecular complexity index is 1050. The lowest BCUT2D eigenvalue weighted by molar-refractivity contribution is 0.0848. The van der Waals surface area contributed by atoms with Crippen LogP contribution in [0, 0.1) is 12.7 Å². The van der Waals surface area contributed by atoms with E-state index in [-0.39, 0.29) is 5.56 Å². The first-order valence-corrected chi connectivity index (χ1v) is 9.30. The van der Waals surface area contributed by atoms with Crippen LogP contribution >= 0.6 is 11.3 Å². The second-order valence-electron chi connectivity index (χ2n) is 5.92. The van der Waals surface area contributed by atoms with Gasteiger partial charge in [0.05, 0.1) is 19.9 Å². The largest absolute Gasteiger partial charge is 0.493 e. The number of hydrogen-bond donors (Lipinski definition) is 2. The maximum Gasteiger partial charge on any atom is 0.281 e. The van der Waals surface area contributed by atoms with Gasteiger partial charge in [-0.1, -0.05) is 0 Å². The molecule has 2 N–H and O–H groups in total. The van der Waals surface area contributed by atoms with E-state index in [9.17, 15) is 14.0 Å². The van der Waals surface area contributed by atoms with Crippen LogP contribution in [0.1, 0.15) is 25.7 Å². The average Bonchev–Trinajstić information content (AvgIpc) is 3.13. The van der Waals surface area contributed by atoms with Crippen molar-refractivity contribution in [3.63, 3.8) is 0 Å². The number of carbonyl (C=O) groups is 2. The van der Waals surface area contributed by atoms with Crippen molar-refractivity contribution in [1.82, 2.24) is 15.8 Å². The first-order valence-electron chi connectivity index (χ1n) is 8.49. The normalized spacial score (nSPS) is 10.3. The van der Waals surface area contributed by atoms with E-state index in [0.717, 1.165) is 5.56 Å². The molecular weight excluding hydrogens is 397 g/mol. The Morgan fingerprint density at radius 2 is 1.62 bits per heavy atom. The van der Waals surface area contributed by atoms with Crippen molar-refractivity contribution < 1.29 is 23.5 Å². The molecule has 7 nitrogen and oxygen atoms in total. The van der Waals surface area contributed by atoms with Crippen molar-refractivity contribution in [2.45, 2.75) is 6.92 Å². The fourth-order valence-corrected chi connectivity index (χ4v) is 3.50. The lowest BCUT2D eigenvalue weighted by Crippen LogP contribution is -2.41. The minimum absolute atomic E-state index is 0.221. The summed E-state index contributed by atoms with van der Waals surface area (Å²) in [6.07, 6.45) is 0. The summed E-state index contributed by atoms with van der Waals surface area (Å²) in [5.74, 6) is -0.363. The SMILES string of the molecule is COc1ccc(-c2nc(C)c(C(=O)NNC(=O)c3ccc(F)cc3)s2)cc1OC. The lowest BCUT2D eigenvalue weighted by Gasteiger charge is -2.08. The Hall–Kier alpha value is -3.46. The smallest absolute Gasteiger partial charge is 0.281 e. The van der Waals surface area contributed by atoms with E-state index in [4.69, 9.17) is 9.47 Å². The summed E-state index contributed by atoms with van der Waals surface area (Å²) in [6.45, 7) is 1.71. The van der Waals surface area contributed by atoms with Crippen LogP contribution in [-0.4, -0.2) is 31.0 Å². The Kier molecular flexibility index (Phi) is 6.08. The second-order valence-corrected chi connectivity index (χ2v) is 6.92. The quantitative estimate of drug-likeness (QED) is 0.624. The molecule has 2 aromatic carbocycles. The van der Waals surface area contributed by atoms with Gasteiger partial charge >= 0.3 is 0 Å². The molecule has 0 spiro atoms. The van der Waals surface area contributed by atoms with Crippen LogP contribution in [0.3, 0.4) is 0 Å². The van der Waals surface area contributed by atoms with E-state index >= 15 is 0 Å². The monoisotopic (exact) mass is 415 g/mol. The van der Waals surface area contributed by atoms with Gasteiger partial charge in [0.25, 0.3) is 11.8 Å². The third-order valence-corrected chi connectivity index (χ3v) is 5.23. The first-order chi connectivity index (χ1) is 13.9. The van der Waals surface area contributed by atoms with Gasteiger partial charge in [0.15, 0.2) is 11.5 Å². The number of thiazole rings is 1. The summed E-state index contributed by atoms with van der Waals surface area (Å²) < 4.78 is 23.5. The Balaban J connectivity index is 1.73. The maximum absolute atomic E-state index is 12.9. The van der Waals surface area contributed by atoms with Gasteiger partial charge in [0, 0.05) is 11.1 Å². The molecule has 0 saturated heterocycles. The molecule has 1 aromatic heterocycles. The minimum atomic E-state index is -0.555. The number of rotatable bonds is 5. The number of benzene rings is 2. The Morgan fingerprint density at radius 1 is 0.966 bits per heavy atom. The molecule has 1 heterocycles. The van der Waals surface area contributed by atoms with Crippen LogP contribution in [0.4, 0.5) is 4.39 Å². The van der Waals surface area contributed by atoms with Crippen molar-refractivity contribution in [2.75, 3.05) is 14.2 Å². The summed E-state index contributed by atoms with van der Waals surface area (Å²) in [5, 5.41) is 0.624. The highest BCUT2D eigenvalue weighted by Gasteiger charge is 2.18. The number of carbonyl (C=O) groups excluding carboxylic acids is 2. The maximum atomic E-state index is 12.9. The van der Waals surface area contributed by atoms with Gasteiger partial charge in [-0.3, -0.25) is 20.4 Å². The summed E-state index contributed by atoms with van der Waals surface area (Å²) in [7, 11) is 3.09. The van der Waals surface area contributed by atoms with Gasteiger partial charge in [-0.25, -0.2) is 9.37 Å². The molecule has 0 aliphatic heterocycles. The predicted molar refractivity (Wildman–Crippen MR) is 107 cm³/mol. The highest BCUT2D eigenvalue weighted by atomic mass is 32.1. The van der Waals surface area contributed by atoms with Gasteiger partial charge in [-0.15, -0.1) is 11.3 Å². The Morgan fingerprint density at radius 3 is 2.28 bits per heavy atom. The highest BCUT2D eigenvalue weighted by Crippen LogP contribution is 2.34. The van der Waals surface area contributed by atoms with E-state index in [1.54, 1.807) is 26.2 Å². The number of aromatic nitrogens is 1. The highest BCUT2D eigenvalue weighted by molar-refractivity contribution is 7.17. The second kappa shape index (κ2) is 8.70. The molecule has 29 heavy (non-hydrogen) atoms. The van der Waals surface area contributed by atoms with Gasteiger partial charge in [0.2, 0.25) is 0 Å². The number of hydrazine groups is 1. The van der Waals surface area contributed by atoms with Crippen LogP contribution < -0.4 is 20.3 Å². The van der Waals surface area contributed by atoms with Crippen molar-refractivity contribution in [2.24, 2.45) is 0 Å². The topological polar surface area (TPSA) is 89.5 Å². The zero-order valence-corrected chi connectivity index (χ0v) is 16.7. The van der Waals surface area contributed by atoms with E-state index in [2.05, 4.69) is 15.8 Å². The van der Waals surface area contributed by atoms with Gasteiger partial charge in [0.1, 0.15) is 15.7 Å². The summed E-state index contributed by atoms with van der Waals surface area (Å²) >= 11 is 1.18. The van der Waals surface area contributed by atoms with Gasteiger partial charge < -0.3 is 9.47 Å². The number of nitrogens with one attached hydrogen (secondary N) is 2. The molecule has 3 rings (SSSR count). The molecule has 0 aliphatic rings. The van der Waals surface area contributed by atoms with Crippen LogP contribution in [0.5, 0.6) is 11.5 Å². The zero-order chi connectivity index (χ0) is 21.0. The van der Waals surface area contributed by atoms with E-state index in [1.165, 1.54) is 42.7 Å². The van der Waals surface area contributed by atoms with Gasteiger partial charge in [-0.2, -0.15) is 0 Å². The first kappa shape index (κ1) is 20.3. The molecule has 150 valence electrons. The van der Waals surface area contributed by atoms with Gasteiger partial charge in [-0.05, 0) is 49.4 Å². The third kappa shape index (κ3) is 4.52. The number of halogens is 1. The molecular formula is C20H18FN3O4S. The van der Waals surface area contributed by atoms with E-state index in [1.807, 2.05) is 6.07 Å². The number of methoxy groups -OCH3 is 2. The number of ether oxygens (including phenoxy) is 2. The third-order valence-electron chi connectivity index (χ3n) is 4.03. The van der Waals surface area contributed by atoms with Crippen molar-refractivity contribution >= 4 is 23.2 Å². The van der Waals surface area contributed by atoms with Crippen LogP contribution in [-0.2, 0) is 0 Å². The van der Waals surface area contributed by atoms with Crippen LogP contribution in [0.25, 0.3) is 10.6 Å². The fourth-order valence-electron chi connectivity index (χ4n) is 2.54. The molecule has 0 fully saturated rings. The van der Waals surface area contributed by atoms with Crippen molar-refractivity contribution in [3.8, 4) is 22.1 Å². The lowest BCUT2D eigenvalue weighted by atomic mass is 10.2.